The summed E-state index contributed by atoms with van der Waals surface area (Å²) in [6.45, 7) is 0.0921. The Morgan fingerprint density at radius 1 is 1.54 bits per heavy atom. The van der Waals surface area contributed by atoms with E-state index in [1.165, 1.54) is 0 Å². The van der Waals surface area contributed by atoms with Gasteiger partial charge in [0.05, 0.1) is 4.47 Å². The van der Waals surface area contributed by atoms with Crippen LogP contribution in [0.2, 0.25) is 0 Å². The molecule has 0 spiro atoms. The summed E-state index contributed by atoms with van der Waals surface area (Å²) in [5.41, 5.74) is 6.71. The van der Waals surface area contributed by atoms with Crippen LogP contribution >= 0.6 is 31.9 Å². The van der Waals surface area contributed by atoms with Crippen molar-refractivity contribution in [3.05, 3.63) is 26.9 Å². The van der Waals surface area contributed by atoms with E-state index in [1.54, 1.807) is 6.20 Å². The van der Waals surface area contributed by atoms with Crippen LogP contribution in [0.5, 0.6) is 0 Å². The molecule has 0 aliphatic rings. The van der Waals surface area contributed by atoms with Gasteiger partial charge in [0.1, 0.15) is 4.60 Å². The molecular formula is C8H10Br2N2O. The van der Waals surface area contributed by atoms with Crippen LogP contribution < -0.4 is 5.73 Å². The highest BCUT2D eigenvalue weighted by atomic mass is 79.9. The maximum Gasteiger partial charge on any atom is 0.120 e. The first-order valence-electron chi connectivity index (χ1n) is 3.82. The van der Waals surface area contributed by atoms with E-state index in [9.17, 15) is 0 Å². The monoisotopic (exact) mass is 308 g/mol. The number of aromatic nitrogens is 1. The molecule has 0 bridgehead atoms. The van der Waals surface area contributed by atoms with Crippen LogP contribution in [-0.4, -0.2) is 16.7 Å². The molecule has 0 saturated carbocycles. The molecule has 0 unspecified atom stereocenters. The van der Waals surface area contributed by atoms with Gasteiger partial charge in [-0.15, -0.1) is 0 Å². The van der Waals surface area contributed by atoms with Crippen molar-refractivity contribution >= 4 is 31.9 Å². The molecule has 1 heterocycles. The average Bonchev–Trinajstić information content (AvgIpc) is 2.10. The largest absolute Gasteiger partial charge is 0.396 e. The summed E-state index contributed by atoms with van der Waals surface area (Å²) < 4.78 is 1.63. The lowest BCUT2D eigenvalue weighted by atomic mass is 10.1. The van der Waals surface area contributed by atoms with Gasteiger partial charge in [-0.3, -0.25) is 0 Å². The maximum absolute atomic E-state index is 8.70. The molecule has 72 valence electrons. The summed E-state index contributed by atoms with van der Waals surface area (Å²) in [6.07, 6.45) is 2.25. The molecule has 1 aromatic heterocycles. The minimum absolute atomic E-state index is 0.0921. The van der Waals surface area contributed by atoms with Crippen molar-refractivity contribution in [2.24, 2.45) is 5.73 Å². The summed E-state index contributed by atoms with van der Waals surface area (Å²) in [5, 5.41) is 8.70. The fourth-order valence-electron chi connectivity index (χ4n) is 0.945. The average molecular weight is 310 g/mol. The Hall–Kier alpha value is 0.0300. The van der Waals surface area contributed by atoms with Crippen molar-refractivity contribution in [1.29, 1.82) is 0 Å². The molecule has 1 rings (SSSR count). The number of hydrogen-bond donors (Lipinski definition) is 2. The first-order valence-corrected chi connectivity index (χ1v) is 5.41. The molecular weight excluding hydrogens is 300 g/mol. The topological polar surface area (TPSA) is 59.1 Å². The number of nitrogens with zero attached hydrogens (tertiary/aromatic N) is 1. The Morgan fingerprint density at radius 3 is 2.77 bits per heavy atom. The zero-order valence-electron chi connectivity index (χ0n) is 6.87. The minimum atomic E-state index is -0.151. The van der Waals surface area contributed by atoms with E-state index in [0.29, 0.717) is 6.42 Å². The molecule has 3 N–H and O–H groups in total. The van der Waals surface area contributed by atoms with E-state index in [0.717, 1.165) is 14.6 Å². The minimum Gasteiger partial charge on any atom is -0.396 e. The van der Waals surface area contributed by atoms with E-state index >= 15 is 0 Å². The molecule has 1 atom stereocenters. The lowest BCUT2D eigenvalue weighted by molar-refractivity contribution is 0.276. The highest BCUT2D eigenvalue weighted by Gasteiger charge is 2.07. The third kappa shape index (κ3) is 3.02. The first-order chi connectivity index (χ1) is 6.15. The van der Waals surface area contributed by atoms with Crippen LogP contribution in [0.3, 0.4) is 0 Å². The van der Waals surface area contributed by atoms with Gasteiger partial charge in [-0.05, 0) is 49.9 Å². The second-order valence-corrected chi connectivity index (χ2v) is 4.27. The van der Waals surface area contributed by atoms with Gasteiger partial charge in [-0.1, -0.05) is 0 Å². The molecule has 0 aliphatic carbocycles. The number of rotatable bonds is 3. The summed E-state index contributed by atoms with van der Waals surface area (Å²) in [5.74, 6) is 0. The fraction of sp³-hybridized carbons (Fsp3) is 0.375. The maximum atomic E-state index is 8.70. The SMILES string of the molecule is N[C@H](CCO)c1cnc(Br)c(Br)c1. The van der Waals surface area contributed by atoms with Gasteiger partial charge in [0.2, 0.25) is 0 Å². The third-order valence-corrected chi connectivity index (χ3v) is 3.45. The fourth-order valence-corrected chi connectivity index (χ4v) is 1.53. The molecule has 0 fully saturated rings. The van der Waals surface area contributed by atoms with Crippen LogP contribution in [-0.2, 0) is 0 Å². The van der Waals surface area contributed by atoms with Gasteiger partial charge in [-0.25, -0.2) is 4.98 Å². The van der Waals surface area contributed by atoms with Crippen molar-refractivity contribution in [2.75, 3.05) is 6.61 Å². The summed E-state index contributed by atoms with van der Waals surface area (Å²) >= 11 is 6.61. The predicted molar refractivity (Wildman–Crippen MR) is 58.3 cm³/mol. The van der Waals surface area contributed by atoms with Crippen molar-refractivity contribution in [3.63, 3.8) is 0 Å². The molecule has 3 nitrogen and oxygen atoms in total. The Balaban J connectivity index is 2.84. The third-order valence-electron chi connectivity index (χ3n) is 1.69. The zero-order valence-corrected chi connectivity index (χ0v) is 10.0. The normalized spacial score (nSPS) is 12.9. The van der Waals surface area contributed by atoms with Crippen LogP contribution in [0.1, 0.15) is 18.0 Å². The quantitative estimate of drug-likeness (QED) is 0.840. The number of nitrogens with two attached hydrogens (primary N) is 1. The Labute approximate surface area is 93.6 Å². The molecule has 0 radical (unpaired) electrons. The molecule has 0 amide bonds. The van der Waals surface area contributed by atoms with Crippen LogP contribution in [0.15, 0.2) is 21.3 Å². The molecule has 0 aromatic carbocycles. The molecule has 0 saturated heterocycles. The standard InChI is InChI=1S/C8H10Br2N2O/c9-6-3-5(4-12-8(6)10)7(11)1-2-13/h3-4,7,13H,1-2,11H2/t7-/m1/s1. The Bertz CT molecular complexity index is 293. The predicted octanol–water partition coefficient (Wildman–Crippen LogP) is 1.99. The van der Waals surface area contributed by atoms with Gasteiger partial charge < -0.3 is 10.8 Å². The van der Waals surface area contributed by atoms with Crippen LogP contribution in [0, 0.1) is 0 Å². The number of aliphatic hydroxyl groups is 1. The van der Waals surface area contributed by atoms with Gasteiger partial charge in [0, 0.05) is 18.8 Å². The van der Waals surface area contributed by atoms with Crippen LogP contribution in [0.25, 0.3) is 0 Å². The molecule has 5 heteroatoms. The van der Waals surface area contributed by atoms with E-state index in [1.807, 2.05) is 6.07 Å². The van der Waals surface area contributed by atoms with Crippen LogP contribution in [0.4, 0.5) is 0 Å². The highest BCUT2D eigenvalue weighted by molar-refractivity contribution is 9.13. The van der Waals surface area contributed by atoms with Gasteiger partial charge in [0.15, 0.2) is 0 Å². The van der Waals surface area contributed by atoms with Crippen molar-refractivity contribution in [1.82, 2.24) is 4.98 Å². The summed E-state index contributed by atoms with van der Waals surface area (Å²) in [4.78, 5) is 4.09. The van der Waals surface area contributed by atoms with Crippen molar-refractivity contribution in [3.8, 4) is 0 Å². The van der Waals surface area contributed by atoms with Crippen molar-refractivity contribution < 1.29 is 5.11 Å². The second kappa shape index (κ2) is 5.05. The van der Waals surface area contributed by atoms with E-state index < -0.39 is 0 Å². The Kier molecular flexibility index (Phi) is 4.31. The van der Waals surface area contributed by atoms with Crippen molar-refractivity contribution in [2.45, 2.75) is 12.5 Å². The van der Waals surface area contributed by atoms with E-state index in [2.05, 4.69) is 36.8 Å². The van der Waals surface area contributed by atoms with E-state index in [4.69, 9.17) is 10.8 Å². The Morgan fingerprint density at radius 2 is 2.23 bits per heavy atom. The number of pyridine rings is 1. The number of hydrogen-bond acceptors (Lipinski definition) is 3. The lowest BCUT2D eigenvalue weighted by Crippen LogP contribution is -2.12. The number of halogens is 2. The lowest BCUT2D eigenvalue weighted by Gasteiger charge is -2.10. The second-order valence-electron chi connectivity index (χ2n) is 2.66. The van der Waals surface area contributed by atoms with Gasteiger partial charge >= 0.3 is 0 Å². The zero-order chi connectivity index (χ0) is 9.84. The summed E-state index contributed by atoms with van der Waals surface area (Å²) in [7, 11) is 0. The molecule has 1 aromatic rings. The number of aliphatic hydroxyl groups excluding tert-OH is 1. The smallest absolute Gasteiger partial charge is 0.120 e. The molecule has 0 aliphatic heterocycles. The van der Waals surface area contributed by atoms with Gasteiger partial charge in [-0.2, -0.15) is 0 Å². The molecule has 13 heavy (non-hydrogen) atoms. The first kappa shape index (κ1) is 11.1. The summed E-state index contributed by atoms with van der Waals surface area (Å²) in [6, 6.07) is 1.75. The van der Waals surface area contributed by atoms with E-state index in [-0.39, 0.29) is 12.6 Å². The van der Waals surface area contributed by atoms with Gasteiger partial charge in [0.25, 0.3) is 0 Å². The highest BCUT2D eigenvalue weighted by Crippen LogP contribution is 2.24.